The van der Waals surface area contributed by atoms with Crippen molar-refractivity contribution in [2.24, 2.45) is 5.84 Å². The molecular weight excluding hydrogens is 196 g/mol. The van der Waals surface area contributed by atoms with Gasteiger partial charge in [0.1, 0.15) is 5.75 Å². The Hall–Kier alpha value is -1.59. The van der Waals surface area contributed by atoms with Crippen molar-refractivity contribution in [2.45, 2.75) is 13.3 Å². The van der Waals surface area contributed by atoms with Gasteiger partial charge < -0.3 is 9.57 Å². The lowest BCUT2D eigenvalue weighted by atomic mass is 10.2. The van der Waals surface area contributed by atoms with Crippen LogP contribution in [0.5, 0.6) is 5.75 Å². The fourth-order valence-corrected chi connectivity index (χ4v) is 1.08. The van der Waals surface area contributed by atoms with Crippen LogP contribution in [0.15, 0.2) is 24.3 Å². The summed E-state index contributed by atoms with van der Waals surface area (Å²) in [5.74, 6) is 5.12. The van der Waals surface area contributed by atoms with E-state index in [1.165, 1.54) is 0 Å². The molecule has 0 bridgehead atoms. The lowest BCUT2D eigenvalue weighted by Crippen LogP contribution is -2.26. The highest BCUT2D eigenvalue weighted by molar-refractivity contribution is 5.69. The van der Waals surface area contributed by atoms with Crippen LogP contribution < -0.4 is 16.2 Å². The highest BCUT2D eigenvalue weighted by Gasteiger charge is 2.03. The van der Waals surface area contributed by atoms with Gasteiger partial charge in [0.2, 0.25) is 0 Å². The second-order valence-electron chi connectivity index (χ2n) is 2.96. The Morgan fingerprint density at radius 1 is 1.47 bits per heavy atom. The highest BCUT2D eigenvalue weighted by atomic mass is 16.7. The maximum absolute atomic E-state index is 10.9. The van der Waals surface area contributed by atoms with Crippen LogP contribution in [0, 0.1) is 6.92 Å². The summed E-state index contributed by atoms with van der Waals surface area (Å²) in [6.07, 6.45) is 0.151. The van der Waals surface area contributed by atoms with E-state index in [4.69, 9.17) is 10.6 Å². The van der Waals surface area contributed by atoms with Crippen LogP contribution in [0.2, 0.25) is 0 Å². The molecule has 0 aliphatic carbocycles. The van der Waals surface area contributed by atoms with Crippen molar-refractivity contribution in [3.63, 3.8) is 0 Å². The number of benzene rings is 1. The van der Waals surface area contributed by atoms with E-state index < -0.39 is 5.97 Å². The Balaban J connectivity index is 2.32. The van der Waals surface area contributed by atoms with Crippen molar-refractivity contribution in [2.75, 3.05) is 6.61 Å². The van der Waals surface area contributed by atoms with Gasteiger partial charge in [0, 0.05) is 0 Å². The van der Waals surface area contributed by atoms with E-state index in [-0.39, 0.29) is 13.0 Å². The van der Waals surface area contributed by atoms with Crippen LogP contribution in [0.25, 0.3) is 0 Å². The fourth-order valence-electron chi connectivity index (χ4n) is 1.08. The molecule has 1 rings (SSSR count). The van der Waals surface area contributed by atoms with Gasteiger partial charge in [-0.1, -0.05) is 23.8 Å². The van der Waals surface area contributed by atoms with Crippen LogP contribution in [-0.2, 0) is 9.63 Å². The van der Waals surface area contributed by atoms with Crippen LogP contribution in [-0.4, -0.2) is 12.6 Å². The van der Waals surface area contributed by atoms with Gasteiger partial charge in [-0.3, -0.25) is 4.79 Å². The zero-order chi connectivity index (χ0) is 11.1. The molecule has 0 amide bonds. The fraction of sp³-hybridized carbons (Fsp3) is 0.300. The molecule has 0 atom stereocenters. The number of para-hydroxylation sites is 1. The van der Waals surface area contributed by atoms with Crippen LogP contribution in [0.3, 0.4) is 0 Å². The van der Waals surface area contributed by atoms with Gasteiger partial charge in [0.15, 0.2) is 0 Å². The van der Waals surface area contributed by atoms with Gasteiger partial charge >= 0.3 is 5.97 Å². The number of carbonyl (C=O) groups excluding carboxylic acids is 1. The first-order valence-corrected chi connectivity index (χ1v) is 4.57. The number of carbonyl (C=O) groups is 1. The van der Waals surface area contributed by atoms with Crippen LogP contribution in [0.4, 0.5) is 0 Å². The smallest absolute Gasteiger partial charge is 0.329 e. The largest absolute Gasteiger partial charge is 0.493 e. The van der Waals surface area contributed by atoms with Crippen molar-refractivity contribution in [3.8, 4) is 5.75 Å². The standard InChI is InChI=1S/C10H14N2O3/c1-8-4-2-3-5-9(8)14-7-6-10(13)15-12-11/h2-5,12H,6-7,11H2,1H3. The average molecular weight is 210 g/mol. The zero-order valence-corrected chi connectivity index (χ0v) is 8.53. The molecule has 82 valence electrons. The predicted octanol–water partition coefficient (Wildman–Crippen LogP) is 0.685. The number of hydrogen-bond acceptors (Lipinski definition) is 5. The van der Waals surface area contributed by atoms with E-state index in [2.05, 4.69) is 4.84 Å². The minimum atomic E-state index is -0.453. The zero-order valence-electron chi connectivity index (χ0n) is 8.53. The third-order valence-electron chi connectivity index (χ3n) is 1.83. The predicted molar refractivity (Wildman–Crippen MR) is 54.7 cm³/mol. The molecule has 0 aliphatic rings. The number of ether oxygens (including phenoxy) is 1. The Morgan fingerprint density at radius 3 is 2.87 bits per heavy atom. The minimum Gasteiger partial charge on any atom is -0.493 e. The molecule has 0 unspecified atom stereocenters. The summed E-state index contributed by atoms with van der Waals surface area (Å²) < 4.78 is 5.38. The topological polar surface area (TPSA) is 73.6 Å². The number of aryl methyl sites for hydroxylation is 1. The van der Waals surface area contributed by atoms with E-state index in [0.29, 0.717) is 0 Å². The first-order valence-electron chi connectivity index (χ1n) is 4.57. The van der Waals surface area contributed by atoms with Crippen molar-refractivity contribution in [1.29, 1.82) is 0 Å². The highest BCUT2D eigenvalue weighted by Crippen LogP contribution is 2.16. The SMILES string of the molecule is Cc1ccccc1OCCC(=O)ONN. The summed E-state index contributed by atoms with van der Waals surface area (Å²) in [5.41, 5.74) is 2.85. The monoisotopic (exact) mass is 210 g/mol. The van der Waals surface area contributed by atoms with Gasteiger partial charge in [-0.15, -0.1) is 0 Å². The molecule has 5 nitrogen and oxygen atoms in total. The number of nitrogens with two attached hydrogens (primary N) is 1. The maximum atomic E-state index is 10.9. The van der Waals surface area contributed by atoms with E-state index in [9.17, 15) is 4.79 Å². The third kappa shape index (κ3) is 3.97. The molecule has 0 aliphatic heterocycles. The van der Waals surface area contributed by atoms with Crippen molar-refractivity contribution in [3.05, 3.63) is 29.8 Å². The van der Waals surface area contributed by atoms with Crippen LogP contribution >= 0.6 is 0 Å². The molecule has 0 aromatic heterocycles. The lowest BCUT2D eigenvalue weighted by molar-refractivity contribution is -0.151. The van der Waals surface area contributed by atoms with E-state index in [0.717, 1.165) is 11.3 Å². The van der Waals surface area contributed by atoms with Gasteiger partial charge in [0.25, 0.3) is 0 Å². The molecule has 3 N–H and O–H groups in total. The summed E-state index contributed by atoms with van der Waals surface area (Å²) in [6.45, 7) is 2.21. The van der Waals surface area contributed by atoms with Gasteiger partial charge in [-0.05, 0) is 18.6 Å². The van der Waals surface area contributed by atoms with Crippen LogP contribution in [0.1, 0.15) is 12.0 Å². The Bertz CT molecular complexity index is 328. The molecular formula is C10H14N2O3. The van der Waals surface area contributed by atoms with Gasteiger partial charge in [-0.2, -0.15) is 0 Å². The molecule has 0 spiro atoms. The van der Waals surface area contributed by atoms with E-state index in [1.807, 2.05) is 36.8 Å². The van der Waals surface area contributed by atoms with Crippen molar-refractivity contribution >= 4 is 5.97 Å². The molecule has 0 saturated carbocycles. The number of nitrogens with one attached hydrogen (secondary N) is 1. The number of hydrogen-bond donors (Lipinski definition) is 2. The Morgan fingerprint density at radius 2 is 2.20 bits per heavy atom. The number of hydrazine groups is 1. The second-order valence-corrected chi connectivity index (χ2v) is 2.96. The molecule has 0 fully saturated rings. The van der Waals surface area contributed by atoms with E-state index in [1.54, 1.807) is 0 Å². The van der Waals surface area contributed by atoms with Crippen molar-refractivity contribution < 1.29 is 14.4 Å². The molecule has 1 aromatic carbocycles. The minimum absolute atomic E-state index is 0.151. The molecule has 0 heterocycles. The Labute approximate surface area is 88.1 Å². The number of rotatable bonds is 5. The average Bonchev–Trinajstić information content (AvgIpc) is 2.21. The van der Waals surface area contributed by atoms with Gasteiger partial charge in [0.05, 0.1) is 13.0 Å². The summed E-state index contributed by atoms with van der Waals surface area (Å²) in [7, 11) is 0. The summed E-state index contributed by atoms with van der Waals surface area (Å²) in [6, 6.07) is 7.59. The molecule has 0 radical (unpaired) electrons. The molecule has 1 aromatic rings. The second kappa shape index (κ2) is 6.00. The first kappa shape index (κ1) is 11.5. The summed E-state index contributed by atoms with van der Waals surface area (Å²) in [5, 5.41) is 0. The quantitative estimate of drug-likeness (QED) is 0.552. The molecule has 0 saturated heterocycles. The van der Waals surface area contributed by atoms with Crippen molar-refractivity contribution in [1.82, 2.24) is 5.59 Å². The third-order valence-corrected chi connectivity index (χ3v) is 1.83. The summed E-state index contributed by atoms with van der Waals surface area (Å²) >= 11 is 0. The first-order chi connectivity index (χ1) is 7.24. The molecule has 15 heavy (non-hydrogen) atoms. The molecule has 5 heteroatoms. The maximum Gasteiger partial charge on any atom is 0.329 e. The van der Waals surface area contributed by atoms with E-state index >= 15 is 0 Å². The summed E-state index contributed by atoms with van der Waals surface area (Å²) in [4.78, 5) is 15.2. The Kier molecular flexibility index (Phi) is 4.59. The lowest BCUT2D eigenvalue weighted by Gasteiger charge is -2.07. The van der Waals surface area contributed by atoms with Gasteiger partial charge in [-0.25, -0.2) is 5.84 Å². The normalized spacial score (nSPS) is 9.73.